The average molecular weight is 254 g/mol. The highest BCUT2D eigenvalue weighted by Crippen LogP contribution is 2.23. The number of aryl methyl sites for hydroxylation is 1. The molecule has 0 saturated carbocycles. The molecule has 5 heteroatoms. The molecule has 2 atom stereocenters. The van der Waals surface area contributed by atoms with Crippen molar-refractivity contribution in [3.8, 4) is 0 Å². The highest BCUT2D eigenvalue weighted by atomic mass is 16.5. The smallest absolute Gasteiger partial charge is 0.337 e. The van der Waals surface area contributed by atoms with Gasteiger partial charge in [-0.05, 0) is 36.6 Å². The predicted octanol–water partition coefficient (Wildman–Crippen LogP) is 0.558. The Hall–Kier alpha value is -1.43. The number of carbonyl (C=O) groups is 1. The third-order valence-electron chi connectivity index (χ3n) is 2.81. The van der Waals surface area contributed by atoms with Crippen molar-refractivity contribution in [3.05, 3.63) is 34.9 Å². The van der Waals surface area contributed by atoms with Crippen LogP contribution in [0.25, 0.3) is 0 Å². The minimum atomic E-state index is -1.14. The molecule has 3 N–H and O–H groups in total. The fourth-order valence-electron chi connectivity index (χ4n) is 1.70. The van der Waals surface area contributed by atoms with Gasteiger partial charge in [-0.15, -0.1) is 0 Å². The number of hydrogen-bond donors (Lipinski definition) is 3. The number of benzene rings is 1. The van der Waals surface area contributed by atoms with Crippen LogP contribution in [0.15, 0.2) is 18.2 Å². The minimum Gasteiger partial charge on any atom is -0.465 e. The van der Waals surface area contributed by atoms with Gasteiger partial charge in [-0.1, -0.05) is 6.07 Å². The highest BCUT2D eigenvalue weighted by Gasteiger charge is 2.21. The summed E-state index contributed by atoms with van der Waals surface area (Å²) < 4.78 is 4.60. The molecule has 2 unspecified atom stereocenters. The summed E-state index contributed by atoms with van der Waals surface area (Å²) in [5, 5.41) is 28.4. The maximum atomic E-state index is 11.4. The van der Waals surface area contributed by atoms with E-state index in [-0.39, 0.29) is 13.0 Å². The molecule has 0 bridgehead atoms. The van der Waals surface area contributed by atoms with E-state index in [4.69, 9.17) is 5.11 Å². The van der Waals surface area contributed by atoms with Crippen LogP contribution in [0.1, 0.15) is 34.0 Å². The summed E-state index contributed by atoms with van der Waals surface area (Å²) in [4.78, 5) is 11.4. The zero-order chi connectivity index (χ0) is 13.7. The molecule has 0 aliphatic rings. The van der Waals surface area contributed by atoms with E-state index in [0.29, 0.717) is 11.1 Å². The number of aliphatic hydroxyl groups is 3. The number of esters is 1. The normalized spacial score (nSPS) is 14.1. The number of aliphatic hydroxyl groups excluding tert-OH is 3. The second kappa shape index (κ2) is 6.49. The first-order chi connectivity index (χ1) is 8.51. The van der Waals surface area contributed by atoms with E-state index < -0.39 is 18.2 Å². The van der Waals surface area contributed by atoms with Gasteiger partial charge in [0.1, 0.15) is 6.10 Å². The van der Waals surface area contributed by atoms with Gasteiger partial charge in [0.15, 0.2) is 0 Å². The number of carbonyl (C=O) groups excluding carboxylic acids is 1. The molecular weight excluding hydrogens is 236 g/mol. The fourth-order valence-corrected chi connectivity index (χ4v) is 1.70. The van der Waals surface area contributed by atoms with E-state index in [1.54, 1.807) is 19.1 Å². The Labute approximate surface area is 106 Å². The molecule has 0 radical (unpaired) electrons. The van der Waals surface area contributed by atoms with E-state index in [1.165, 1.54) is 13.2 Å². The summed E-state index contributed by atoms with van der Waals surface area (Å²) in [5.74, 6) is -0.500. The number of rotatable bonds is 5. The zero-order valence-corrected chi connectivity index (χ0v) is 10.5. The molecule has 0 aromatic heterocycles. The van der Waals surface area contributed by atoms with Gasteiger partial charge in [0.2, 0.25) is 0 Å². The summed E-state index contributed by atoms with van der Waals surface area (Å²) >= 11 is 0. The second-order valence-electron chi connectivity index (χ2n) is 4.09. The van der Waals surface area contributed by atoms with Crippen LogP contribution in [0, 0.1) is 6.92 Å². The Morgan fingerprint density at radius 3 is 2.61 bits per heavy atom. The maximum absolute atomic E-state index is 11.4. The highest BCUT2D eigenvalue weighted by molar-refractivity contribution is 5.89. The molecule has 100 valence electrons. The molecule has 18 heavy (non-hydrogen) atoms. The summed E-state index contributed by atoms with van der Waals surface area (Å²) in [7, 11) is 1.28. The SMILES string of the molecule is COC(=O)c1ccc(C)c(C(O)C(O)CCO)c1. The van der Waals surface area contributed by atoms with E-state index in [1.807, 2.05) is 0 Å². The first kappa shape index (κ1) is 14.6. The number of ether oxygens (including phenoxy) is 1. The van der Waals surface area contributed by atoms with Crippen LogP contribution in [0.5, 0.6) is 0 Å². The summed E-state index contributed by atoms with van der Waals surface area (Å²) in [6.45, 7) is 1.55. The van der Waals surface area contributed by atoms with Gasteiger partial charge in [-0.2, -0.15) is 0 Å². The Morgan fingerprint density at radius 2 is 2.06 bits per heavy atom. The molecule has 1 rings (SSSR count). The Kier molecular flexibility index (Phi) is 5.27. The molecule has 1 aromatic carbocycles. The van der Waals surface area contributed by atoms with Gasteiger partial charge in [-0.3, -0.25) is 0 Å². The van der Waals surface area contributed by atoms with E-state index in [0.717, 1.165) is 5.56 Å². The molecule has 0 fully saturated rings. The molecule has 1 aromatic rings. The molecule has 0 spiro atoms. The topological polar surface area (TPSA) is 87.0 Å². The van der Waals surface area contributed by atoms with Gasteiger partial charge < -0.3 is 20.1 Å². The molecule has 0 amide bonds. The summed E-state index contributed by atoms with van der Waals surface area (Å²) in [6.07, 6.45) is -2.13. The van der Waals surface area contributed by atoms with Gasteiger partial charge in [-0.25, -0.2) is 4.79 Å². The molecule has 0 saturated heterocycles. The third kappa shape index (κ3) is 3.29. The van der Waals surface area contributed by atoms with Crippen LogP contribution in [-0.2, 0) is 4.74 Å². The number of hydrogen-bond acceptors (Lipinski definition) is 5. The standard InChI is InChI=1S/C13H18O5/c1-8-3-4-9(13(17)18-2)7-10(8)12(16)11(15)5-6-14/h3-4,7,11-12,14-16H,5-6H2,1-2H3. The van der Waals surface area contributed by atoms with Gasteiger partial charge in [0.05, 0.1) is 18.8 Å². The lowest BCUT2D eigenvalue weighted by Gasteiger charge is -2.19. The van der Waals surface area contributed by atoms with Crippen molar-refractivity contribution in [1.29, 1.82) is 0 Å². The van der Waals surface area contributed by atoms with Crippen LogP contribution >= 0.6 is 0 Å². The van der Waals surface area contributed by atoms with Crippen LogP contribution in [0.3, 0.4) is 0 Å². The van der Waals surface area contributed by atoms with Crippen LogP contribution in [-0.4, -0.2) is 41.1 Å². The van der Waals surface area contributed by atoms with Crippen molar-refractivity contribution in [1.82, 2.24) is 0 Å². The monoisotopic (exact) mass is 254 g/mol. The first-order valence-electron chi connectivity index (χ1n) is 5.67. The second-order valence-corrected chi connectivity index (χ2v) is 4.09. The first-order valence-corrected chi connectivity index (χ1v) is 5.67. The Morgan fingerprint density at radius 1 is 1.39 bits per heavy atom. The van der Waals surface area contributed by atoms with Crippen molar-refractivity contribution < 1.29 is 24.9 Å². The Balaban J connectivity index is 3.03. The third-order valence-corrected chi connectivity index (χ3v) is 2.81. The van der Waals surface area contributed by atoms with Crippen LogP contribution in [0.2, 0.25) is 0 Å². The summed E-state index contributed by atoms with van der Waals surface area (Å²) in [6, 6.07) is 4.76. The van der Waals surface area contributed by atoms with Crippen molar-refractivity contribution in [2.75, 3.05) is 13.7 Å². The number of methoxy groups -OCH3 is 1. The quantitative estimate of drug-likeness (QED) is 0.668. The molecule has 5 nitrogen and oxygen atoms in total. The maximum Gasteiger partial charge on any atom is 0.337 e. The van der Waals surface area contributed by atoms with Crippen molar-refractivity contribution in [2.24, 2.45) is 0 Å². The van der Waals surface area contributed by atoms with Crippen molar-refractivity contribution in [2.45, 2.75) is 25.6 Å². The van der Waals surface area contributed by atoms with E-state index >= 15 is 0 Å². The molecular formula is C13H18O5. The average Bonchev–Trinajstić information content (AvgIpc) is 2.37. The van der Waals surface area contributed by atoms with E-state index in [9.17, 15) is 15.0 Å². The molecule has 0 aliphatic carbocycles. The molecule has 0 heterocycles. The minimum absolute atomic E-state index is 0.0725. The van der Waals surface area contributed by atoms with Gasteiger partial charge in [0, 0.05) is 6.61 Å². The van der Waals surface area contributed by atoms with Gasteiger partial charge >= 0.3 is 5.97 Å². The molecule has 0 aliphatic heterocycles. The van der Waals surface area contributed by atoms with Crippen LogP contribution in [0.4, 0.5) is 0 Å². The van der Waals surface area contributed by atoms with E-state index in [2.05, 4.69) is 4.74 Å². The van der Waals surface area contributed by atoms with Crippen molar-refractivity contribution in [3.63, 3.8) is 0 Å². The lowest BCUT2D eigenvalue weighted by Crippen LogP contribution is -2.20. The Bertz CT molecular complexity index is 416. The largest absolute Gasteiger partial charge is 0.465 e. The van der Waals surface area contributed by atoms with Crippen LogP contribution < -0.4 is 0 Å². The zero-order valence-electron chi connectivity index (χ0n) is 10.5. The predicted molar refractivity (Wildman–Crippen MR) is 65.2 cm³/mol. The lowest BCUT2D eigenvalue weighted by molar-refractivity contribution is 0.00380. The summed E-state index contributed by atoms with van der Waals surface area (Å²) in [5.41, 5.74) is 1.53. The van der Waals surface area contributed by atoms with Crippen molar-refractivity contribution >= 4 is 5.97 Å². The fraction of sp³-hybridized carbons (Fsp3) is 0.462. The van der Waals surface area contributed by atoms with Gasteiger partial charge in [0.25, 0.3) is 0 Å². The lowest BCUT2D eigenvalue weighted by atomic mass is 9.96.